The normalized spacial score (nSPS) is 19.8. The predicted octanol–water partition coefficient (Wildman–Crippen LogP) is 7.01. The first-order valence-corrected chi connectivity index (χ1v) is 16.0. The maximum Gasteiger partial charge on any atom is 0.335 e. The number of imide groups is 2. The van der Waals surface area contributed by atoms with Gasteiger partial charge in [0, 0.05) is 30.6 Å². The van der Waals surface area contributed by atoms with E-state index in [0.29, 0.717) is 21.5 Å². The molecule has 46 heavy (non-hydrogen) atoms. The van der Waals surface area contributed by atoms with E-state index in [1.54, 1.807) is 18.2 Å². The van der Waals surface area contributed by atoms with Crippen molar-refractivity contribution in [2.45, 2.75) is 24.7 Å². The van der Waals surface area contributed by atoms with Gasteiger partial charge in [-0.1, -0.05) is 72.7 Å². The van der Waals surface area contributed by atoms with Gasteiger partial charge < -0.3 is 9.64 Å². The molecule has 3 aliphatic heterocycles. The highest BCUT2D eigenvalue weighted by Gasteiger charge is 2.40. The topological polar surface area (TPSA) is 79.0 Å². The van der Waals surface area contributed by atoms with Crippen LogP contribution in [0, 0.1) is 12.3 Å². The van der Waals surface area contributed by atoms with Gasteiger partial charge in [0.25, 0.3) is 11.8 Å². The van der Waals surface area contributed by atoms with Crippen molar-refractivity contribution in [3.63, 3.8) is 0 Å². The molecule has 0 bridgehead atoms. The van der Waals surface area contributed by atoms with Gasteiger partial charge in [0.1, 0.15) is 17.9 Å². The summed E-state index contributed by atoms with van der Waals surface area (Å²) in [5.74, 6) is 1.72. The Labute approximate surface area is 276 Å². The molecule has 0 saturated carbocycles. The third-order valence-corrected chi connectivity index (χ3v) is 9.56. The Morgan fingerprint density at radius 2 is 1.48 bits per heavy atom. The van der Waals surface area contributed by atoms with Crippen LogP contribution in [0.1, 0.15) is 52.5 Å². The number of benzene rings is 4. The molecule has 3 heterocycles. The molecule has 228 valence electrons. The lowest BCUT2D eigenvalue weighted by Gasteiger charge is -2.44. The Kier molecular flexibility index (Phi) is 7.93. The van der Waals surface area contributed by atoms with Gasteiger partial charge in [0.2, 0.25) is 0 Å². The second-order valence-electron chi connectivity index (χ2n) is 11.6. The standard InChI is InChI=1S/C38H30BrN3O4/c1-2-19-46-34-14-13-24(21-33(34)39)20-32-36(43)40-38(45)42(37(32)44)27-22-30-28(25-9-5-3-6-10-25)15-17-41-18-16-29(31(23-27)35(30)41)26-11-7-4-8-12-26/h1,3-14,20-23,28-29H,15-19H2,(H,40,43,45)/b32-20+/t28-,29+. The molecule has 3 aliphatic rings. The zero-order chi connectivity index (χ0) is 31.8. The molecule has 0 aliphatic carbocycles. The highest BCUT2D eigenvalue weighted by atomic mass is 79.9. The van der Waals surface area contributed by atoms with E-state index in [2.05, 4.69) is 56.3 Å². The predicted molar refractivity (Wildman–Crippen MR) is 182 cm³/mol. The van der Waals surface area contributed by atoms with Crippen LogP contribution in [0.15, 0.2) is 101 Å². The van der Waals surface area contributed by atoms with Gasteiger partial charge in [0.15, 0.2) is 0 Å². The Morgan fingerprint density at radius 1 is 0.870 bits per heavy atom. The van der Waals surface area contributed by atoms with Crippen molar-refractivity contribution in [2.24, 2.45) is 0 Å². The summed E-state index contributed by atoms with van der Waals surface area (Å²) in [4.78, 5) is 44.2. The van der Waals surface area contributed by atoms with Gasteiger partial charge in [-0.05, 0) is 86.9 Å². The molecule has 1 saturated heterocycles. The number of urea groups is 1. The lowest BCUT2D eigenvalue weighted by Crippen LogP contribution is -2.54. The Balaban J connectivity index is 1.34. The number of amides is 4. The van der Waals surface area contributed by atoms with Gasteiger partial charge in [-0.15, -0.1) is 6.42 Å². The van der Waals surface area contributed by atoms with Gasteiger partial charge in [-0.2, -0.15) is 0 Å². The van der Waals surface area contributed by atoms with Crippen LogP contribution in [-0.2, 0) is 9.59 Å². The lowest BCUT2D eigenvalue weighted by atomic mass is 9.76. The number of barbiturate groups is 1. The Morgan fingerprint density at radius 3 is 2.04 bits per heavy atom. The quantitative estimate of drug-likeness (QED) is 0.136. The number of anilines is 2. The third kappa shape index (κ3) is 5.37. The minimum Gasteiger partial charge on any atom is -0.480 e. The average Bonchev–Trinajstić information content (AvgIpc) is 3.07. The number of rotatable bonds is 6. The number of hydrogen-bond acceptors (Lipinski definition) is 5. The van der Waals surface area contributed by atoms with Crippen LogP contribution in [0.25, 0.3) is 6.08 Å². The number of nitrogens with zero attached hydrogens (tertiary/aromatic N) is 2. The number of hydrogen-bond donors (Lipinski definition) is 1. The molecule has 8 heteroatoms. The molecular weight excluding hydrogens is 642 g/mol. The van der Waals surface area contributed by atoms with Crippen LogP contribution < -0.4 is 19.9 Å². The number of nitrogens with one attached hydrogen (secondary N) is 1. The smallest absolute Gasteiger partial charge is 0.335 e. The highest BCUT2D eigenvalue weighted by molar-refractivity contribution is 9.10. The monoisotopic (exact) mass is 671 g/mol. The SMILES string of the molecule is C#CCOc1ccc(/C=C2\C(=O)NC(=O)N(c3cc4c5c(c3)[C@H](c3ccccc3)CCN5CC[C@@H]4c3ccccc3)C2=O)cc1Br. The minimum atomic E-state index is -0.769. The first-order valence-electron chi connectivity index (χ1n) is 15.2. The highest BCUT2D eigenvalue weighted by Crippen LogP contribution is 2.50. The van der Waals surface area contributed by atoms with Gasteiger partial charge in [0.05, 0.1) is 10.2 Å². The third-order valence-electron chi connectivity index (χ3n) is 8.94. The average molecular weight is 673 g/mol. The summed E-state index contributed by atoms with van der Waals surface area (Å²) in [6.45, 7) is 1.95. The zero-order valence-electron chi connectivity index (χ0n) is 24.9. The summed E-state index contributed by atoms with van der Waals surface area (Å²) in [6, 6.07) is 29.0. The molecule has 0 unspecified atom stereocenters. The van der Waals surface area contributed by atoms with Gasteiger partial charge in [-0.3, -0.25) is 14.9 Å². The lowest BCUT2D eigenvalue weighted by molar-refractivity contribution is -0.122. The van der Waals surface area contributed by atoms with Crippen molar-refractivity contribution < 1.29 is 19.1 Å². The molecule has 1 fully saturated rings. The van der Waals surface area contributed by atoms with Crippen molar-refractivity contribution in [1.29, 1.82) is 0 Å². The molecule has 2 atom stereocenters. The Bertz CT molecular complexity index is 1860. The van der Waals surface area contributed by atoms with Crippen molar-refractivity contribution in [1.82, 2.24) is 5.32 Å². The van der Waals surface area contributed by atoms with E-state index in [1.807, 2.05) is 48.5 Å². The summed E-state index contributed by atoms with van der Waals surface area (Å²) < 4.78 is 6.13. The van der Waals surface area contributed by atoms with E-state index in [9.17, 15) is 14.4 Å². The second-order valence-corrected chi connectivity index (χ2v) is 12.5. The molecule has 7 nitrogen and oxygen atoms in total. The van der Waals surface area contributed by atoms with E-state index in [1.165, 1.54) is 22.9 Å². The van der Waals surface area contributed by atoms with Crippen LogP contribution in [0.4, 0.5) is 16.2 Å². The molecule has 4 amide bonds. The maximum absolute atomic E-state index is 14.1. The van der Waals surface area contributed by atoms with E-state index in [0.717, 1.165) is 42.0 Å². The van der Waals surface area contributed by atoms with Crippen LogP contribution in [0.5, 0.6) is 5.75 Å². The summed E-state index contributed by atoms with van der Waals surface area (Å²) >= 11 is 3.46. The van der Waals surface area contributed by atoms with Crippen LogP contribution in [0.2, 0.25) is 0 Å². The summed E-state index contributed by atoms with van der Waals surface area (Å²) in [5.41, 5.74) is 6.60. The summed E-state index contributed by atoms with van der Waals surface area (Å²) in [6.07, 6.45) is 8.61. The van der Waals surface area contributed by atoms with E-state index < -0.39 is 17.8 Å². The number of carbonyl (C=O) groups excluding carboxylic acids is 3. The molecule has 4 aromatic carbocycles. The summed E-state index contributed by atoms with van der Waals surface area (Å²) in [5, 5.41) is 2.40. The first kappa shape index (κ1) is 29.6. The van der Waals surface area contributed by atoms with Gasteiger partial charge in [-0.25, -0.2) is 9.69 Å². The molecule has 7 rings (SSSR count). The molecule has 0 radical (unpaired) electrons. The van der Waals surface area contributed by atoms with Gasteiger partial charge >= 0.3 is 6.03 Å². The number of terminal acetylenes is 1. The zero-order valence-corrected chi connectivity index (χ0v) is 26.5. The summed E-state index contributed by atoms with van der Waals surface area (Å²) in [7, 11) is 0. The molecular formula is C38H30BrN3O4. The number of halogens is 1. The molecule has 0 spiro atoms. The van der Waals surface area contributed by atoms with Crippen LogP contribution in [-0.4, -0.2) is 37.5 Å². The van der Waals surface area contributed by atoms with E-state index in [4.69, 9.17) is 11.2 Å². The van der Waals surface area contributed by atoms with Crippen molar-refractivity contribution >= 4 is 51.2 Å². The van der Waals surface area contributed by atoms with Crippen molar-refractivity contribution in [3.05, 3.63) is 129 Å². The van der Waals surface area contributed by atoms with Crippen molar-refractivity contribution in [2.75, 3.05) is 29.5 Å². The van der Waals surface area contributed by atoms with Crippen molar-refractivity contribution in [3.8, 4) is 18.1 Å². The fourth-order valence-corrected chi connectivity index (χ4v) is 7.38. The Hall–Kier alpha value is -5.13. The minimum absolute atomic E-state index is 0.0906. The molecule has 1 N–H and O–H groups in total. The van der Waals surface area contributed by atoms with Crippen LogP contribution >= 0.6 is 15.9 Å². The molecule has 0 aromatic heterocycles. The second kappa shape index (κ2) is 12.3. The van der Waals surface area contributed by atoms with Crippen LogP contribution in [0.3, 0.4) is 0 Å². The fourth-order valence-electron chi connectivity index (χ4n) is 6.87. The first-order chi connectivity index (χ1) is 22.4. The molecule has 4 aromatic rings. The largest absolute Gasteiger partial charge is 0.480 e. The number of ether oxygens (including phenoxy) is 1. The maximum atomic E-state index is 14.1. The fraction of sp³-hybridized carbons (Fsp3) is 0.184. The van der Waals surface area contributed by atoms with E-state index in [-0.39, 0.29) is 24.0 Å². The van der Waals surface area contributed by atoms with E-state index >= 15 is 0 Å². The number of carbonyl (C=O) groups is 3.